The van der Waals surface area contributed by atoms with Crippen LogP contribution in [0, 0.1) is 0 Å². The highest BCUT2D eigenvalue weighted by Crippen LogP contribution is 2.19. The molecule has 1 amide bonds. The average molecular weight is 1070 g/mol. The van der Waals surface area contributed by atoms with E-state index >= 15 is 0 Å². The van der Waals surface area contributed by atoms with Crippen LogP contribution in [0.15, 0.2) is 24.3 Å². The molecule has 0 aromatic rings. The Morgan fingerprint density at radius 3 is 0.934 bits per heavy atom. The first-order valence-electron chi connectivity index (χ1n) is 34.6. The molecule has 0 aromatic carbocycles. The lowest BCUT2D eigenvalue weighted by Gasteiger charge is -2.20. The number of amides is 1. The molecule has 0 spiro atoms. The van der Waals surface area contributed by atoms with Crippen molar-refractivity contribution in [1.29, 1.82) is 0 Å². The summed E-state index contributed by atoms with van der Waals surface area (Å²) in [4.78, 5) is 24.6. The van der Waals surface area contributed by atoms with Gasteiger partial charge in [-0.3, -0.25) is 9.59 Å². The molecule has 450 valence electrons. The first kappa shape index (κ1) is 74.3. The van der Waals surface area contributed by atoms with Crippen molar-refractivity contribution in [2.45, 2.75) is 398 Å². The molecule has 0 aliphatic carbocycles. The fraction of sp³-hybridized carbons (Fsp3) is 0.914. The highest BCUT2D eigenvalue weighted by atomic mass is 16.5. The number of carbonyl (C=O) groups is 2. The van der Waals surface area contributed by atoms with Crippen molar-refractivity contribution in [2.75, 3.05) is 13.2 Å². The van der Waals surface area contributed by atoms with Crippen LogP contribution in [0.1, 0.15) is 386 Å². The Kier molecular flexibility index (Phi) is 64.4. The highest BCUT2D eigenvalue weighted by Gasteiger charge is 2.18. The molecule has 2 unspecified atom stereocenters. The van der Waals surface area contributed by atoms with Gasteiger partial charge >= 0.3 is 5.97 Å². The van der Waals surface area contributed by atoms with Crippen LogP contribution in [0.2, 0.25) is 0 Å². The summed E-state index contributed by atoms with van der Waals surface area (Å²) < 4.78 is 5.50. The maximum atomic E-state index is 12.5. The van der Waals surface area contributed by atoms with Crippen LogP contribution in [0.5, 0.6) is 0 Å². The molecule has 0 saturated heterocycles. The molecular formula is C70H135NO5. The second kappa shape index (κ2) is 65.9. The lowest BCUT2D eigenvalue weighted by atomic mass is 10.0. The third-order valence-corrected chi connectivity index (χ3v) is 16.2. The maximum absolute atomic E-state index is 12.5. The van der Waals surface area contributed by atoms with Gasteiger partial charge in [-0.2, -0.15) is 0 Å². The van der Waals surface area contributed by atoms with E-state index in [2.05, 4.69) is 31.3 Å². The minimum atomic E-state index is -0.841. The number of hydrogen-bond donors (Lipinski definition) is 3. The number of esters is 1. The van der Waals surface area contributed by atoms with Crippen LogP contribution in [-0.4, -0.2) is 47.4 Å². The first-order valence-corrected chi connectivity index (χ1v) is 34.6. The zero-order chi connectivity index (χ0) is 55.0. The summed E-state index contributed by atoms with van der Waals surface area (Å²) >= 11 is 0. The van der Waals surface area contributed by atoms with E-state index in [4.69, 9.17) is 4.74 Å². The van der Waals surface area contributed by atoms with Gasteiger partial charge in [-0.05, 0) is 57.8 Å². The number of nitrogens with one attached hydrogen (secondary N) is 1. The summed E-state index contributed by atoms with van der Waals surface area (Å²) in [5.74, 6) is -0.0502. The SMILES string of the molecule is CCCCCCCCC/C=C\CCCCCCCC(=O)OCCCCCCCCCCCCCCCCCCCCCCCCCCCCCCCC(=O)NC(CO)C(O)/C=C/CCCCCCCCCCCCCC. The Morgan fingerprint density at radius 2 is 0.618 bits per heavy atom. The van der Waals surface area contributed by atoms with Crippen molar-refractivity contribution in [3.63, 3.8) is 0 Å². The fourth-order valence-corrected chi connectivity index (χ4v) is 10.9. The van der Waals surface area contributed by atoms with Crippen LogP contribution in [0.25, 0.3) is 0 Å². The second-order valence-electron chi connectivity index (χ2n) is 23.9. The molecule has 0 fully saturated rings. The lowest BCUT2D eigenvalue weighted by Crippen LogP contribution is -2.45. The number of aliphatic hydroxyl groups excluding tert-OH is 2. The fourth-order valence-electron chi connectivity index (χ4n) is 10.9. The van der Waals surface area contributed by atoms with Gasteiger partial charge in [0, 0.05) is 12.8 Å². The molecule has 0 aliphatic heterocycles. The Bertz CT molecular complexity index is 1190. The molecule has 2 atom stereocenters. The van der Waals surface area contributed by atoms with Gasteiger partial charge in [0.15, 0.2) is 0 Å². The molecule has 0 heterocycles. The summed E-state index contributed by atoms with van der Waals surface area (Å²) in [5, 5.41) is 23.1. The summed E-state index contributed by atoms with van der Waals surface area (Å²) in [6.07, 6.45) is 82.6. The molecule has 76 heavy (non-hydrogen) atoms. The third-order valence-electron chi connectivity index (χ3n) is 16.2. The van der Waals surface area contributed by atoms with E-state index in [1.807, 2.05) is 6.08 Å². The largest absolute Gasteiger partial charge is 0.466 e. The molecule has 6 heteroatoms. The van der Waals surface area contributed by atoms with E-state index in [0.717, 1.165) is 44.9 Å². The number of aliphatic hydroxyl groups is 2. The lowest BCUT2D eigenvalue weighted by molar-refractivity contribution is -0.143. The smallest absolute Gasteiger partial charge is 0.305 e. The quantitative estimate of drug-likeness (QED) is 0.0320. The Labute approximate surface area is 475 Å². The predicted octanol–water partition coefficient (Wildman–Crippen LogP) is 22.1. The minimum Gasteiger partial charge on any atom is -0.466 e. The molecular weight excluding hydrogens is 935 g/mol. The molecule has 0 radical (unpaired) electrons. The van der Waals surface area contributed by atoms with E-state index in [1.165, 1.54) is 315 Å². The van der Waals surface area contributed by atoms with Gasteiger partial charge in [-0.1, -0.05) is 340 Å². The Balaban J connectivity index is 3.34. The van der Waals surface area contributed by atoms with Crippen LogP contribution < -0.4 is 5.32 Å². The number of allylic oxidation sites excluding steroid dienone is 3. The Hall–Kier alpha value is -1.66. The normalized spacial score (nSPS) is 12.6. The van der Waals surface area contributed by atoms with Crippen LogP contribution in [0.4, 0.5) is 0 Å². The molecule has 0 aliphatic rings. The van der Waals surface area contributed by atoms with Gasteiger partial charge in [0.2, 0.25) is 5.91 Å². The van der Waals surface area contributed by atoms with Crippen molar-refractivity contribution < 1.29 is 24.5 Å². The predicted molar refractivity (Wildman–Crippen MR) is 333 cm³/mol. The summed E-state index contributed by atoms with van der Waals surface area (Å²) in [5.41, 5.74) is 0. The van der Waals surface area contributed by atoms with Crippen molar-refractivity contribution >= 4 is 11.9 Å². The minimum absolute atomic E-state index is 0.0123. The van der Waals surface area contributed by atoms with Crippen molar-refractivity contribution in [3.8, 4) is 0 Å². The molecule has 0 saturated carbocycles. The standard InChI is InChI=1S/C70H135NO5/c1-3-5-7-9-11-13-15-17-19-36-40-44-48-52-56-60-64-70(75)76-65-61-57-53-49-45-41-37-34-32-30-28-26-24-22-20-21-23-25-27-29-31-33-35-39-43-47-51-55-59-63-69(74)71-67(66-72)68(73)62-58-54-50-46-42-38-18-16-14-12-10-8-6-4-2/h19,36,58,62,67-68,72-73H,3-18,20-35,37-57,59-61,63-66H2,1-2H3,(H,71,74)/b36-19-,62-58+. The van der Waals surface area contributed by atoms with Gasteiger partial charge in [-0.25, -0.2) is 0 Å². The maximum Gasteiger partial charge on any atom is 0.305 e. The molecule has 0 rings (SSSR count). The number of hydrogen-bond acceptors (Lipinski definition) is 5. The zero-order valence-electron chi connectivity index (χ0n) is 51.5. The van der Waals surface area contributed by atoms with Gasteiger partial charge in [0.05, 0.1) is 25.4 Å². The van der Waals surface area contributed by atoms with Gasteiger partial charge in [0.1, 0.15) is 0 Å². The molecule has 0 bridgehead atoms. The van der Waals surface area contributed by atoms with Gasteiger partial charge < -0.3 is 20.3 Å². The van der Waals surface area contributed by atoms with Crippen LogP contribution in [0.3, 0.4) is 0 Å². The van der Waals surface area contributed by atoms with E-state index in [0.29, 0.717) is 19.4 Å². The number of rotatable bonds is 65. The number of unbranched alkanes of at least 4 members (excludes halogenated alkanes) is 52. The number of carbonyl (C=O) groups excluding carboxylic acids is 2. The highest BCUT2D eigenvalue weighted by molar-refractivity contribution is 5.76. The number of ether oxygens (including phenoxy) is 1. The van der Waals surface area contributed by atoms with Gasteiger partial charge in [0.25, 0.3) is 0 Å². The van der Waals surface area contributed by atoms with E-state index < -0.39 is 12.1 Å². The van der Waals surface area contributed by atoms with Gasteiger partial charge in [-0.15, -0.1) is 0 Å². The second-order valence-corrected chi connectivity index (χ2v) is 23.9. The third kappa shape index (κ3) is 61.6. The summed E-state index contributed by atoms with van der Waals surface area (Å²) in [6, 6.07) is -0.624. The Morgan fingerprint density at radius 1 is 0.355 bits per heavy atom. The molecule has 0 aromatic heterocycles. The van der Waals surface area contributed by atoms with E-state index in [9.17, 15) is 19.8 Å². The average Bonchev–Trinajstić information content (AvgIpc) is 3.42. The van der Waals surface area contributed by atoms with E-state index in [-0.39, 0.29) is 18.5 Å². The topological polar surface area (TPSA) is 95.9 Å². The zero-order valence-corrected chi connectivity index (χ0v) is 51.5. The van der Waals surface area contributed by atoms with E-state index in [1.54, 1.807) is 6.08 Å². The molecule has 3 N–H and O–H groups in total. The van der Waals surface area contributed by atoms with Crippen molar-refractivity contribution in [1.82, 2.24) is 5.32 Å². The summed E-state index contributed by atoms with van der Waals surface area (Å²) in [6.45, 7) is 4.93. The van der Waals surface area contributed by atoms with Crippen molar-refractivity contribution in [2.24, 2.45) is 0 Å². The monoisotopic (exact) mass is 1070 g/mol. The van der Waals surface area contributed by atoms with Crippen LogP contribution in [-0.2, 0) is 14.3 Å². The first-order chi connectivity index (χ1) is 37.5. The molecule has 6 nitrogen and oxygen atoms in total. The summed E-state index contributed by atoms with van der Waals surface area (Å²) in [7, 11) is 0. The van der Waals surface area contributed by atoms with Crippen LogP contribution >= 0.6 is 0 Å². The van der Waals surface area contributed by atoms with Crippen molar-refractivity contribution in [3.05, 3.63) is 24.3 Å².